The number of nitrogens with zero attached hydrogens (tertiary/aromatic N) is 1. The zero-order valence-corrected chi connectivity index (χ0v) is 7.45. The number of hydrogen-bond acceptors (Lipinski definition) is 4. The minimum absolute atomic E-state index is 0.0925. The fourth-order valence-electron chi connectivity index (χ4n) is 1.33. The number of nitroso groups, excluding NO2 is 1. The molecule has 5 heteroatoms. The fraction of sp³-hybridized carbons (Fsp3) is 0.750. The second kappa shape index (κ2) is 4.11. The molecule has 1 rings (SSSR count). The quantitative estimate of drug-likeness (QED) is 0.641. The summed E-state index contributed by atoms with van der Waals surface area (Å²) in [5.74, 6) is -0.192. The zero-order valence-electron chi connectivity index (χ0n) is 7.45. The molecule has 1 saturated heterocycles. The van der Waals surface area contributed by atoms with Crippen LogP contribution in [-0.4, -0.2) is 23.8 Å². The lowest BCUT2D eigenvalue weighted by Gasteiger charge is -2.08. The Kier molecular flexibility index (Phi) is 3.11. The number of amides is 1. The summed E-state index contributed by atoms with van der Waals surface area (Å²) in [7, 11) is 0. The Labute approximate surface area is 75.9 Å². The van der Waals surface area contributed by atoms with Gasteiger partial charge in [-0.2, -0.15) is 4.91 Å². The molecule has 0 bridgehead atoms. The van der Waals surface area contributed by atoms with Crippen LogP contribution in [0, 0.1) is 4.91 Å². The van der Waals surface area contributed by atoms with Gasteiger partial charge >= 0.3 is 0 Å². The van der Waals surface area contributed by atoms with Gasteiger partial charge in [-0.05, 0) is 13.3 Å². The van der Waals surface area contributed by atoms with Crippen LogP contribution in [0.1, 0.15) is 26.2 Å². The fourth-order valence-corrected chi connectivity index (χ4v) is 1.33. The molecule has 13 heavy (non-hydrogen) atoms. The van der Waals surface area contributed by atoms with Gasteiger partial charge in [0.25, 0.3) is 0 Å². The van der Waals surface area contributed by atoms with Gasteiger partial charge in [-0.1, -0.05) is 5.18 Å². The Morgan fingerprint density at radius 3 is 2.92 bits per heavy atom. The summed E-state index contributed by atoms with van der Waals surface area (Å²) in [6, 6.07) is -0.887. The van der Waals surface area contributed by atoms with E-state index in [1.807, 2.05) is 0 Å². The number of rotatable bonds is 4. The van der Waals surface area contributed by atoms with Crippen molar-refractivity contribution in [3.63, 3.8) is 0 Å². The standard InChI is InChI=1S/C8H12N2O3/c1-5(10-13)4-7(11)6-2-3-8(12)9-6/h5-6H,2-4H2,1H3,(H,9,12)/t5?,6-/m0/s1. The van der Waals surface area contributed by atoms with Crippen molar-refractivity contribution in [2.24, 2.45) is 5.18 Å². The number of carbonyl (C=O) groups excluding carboxylic acids is 2. The lowest BCUT2D eigenvalue weighted by molar-refractivity contribution is -0.124. The molecule has 1 unspecified atom stereocenters. The predicted octanol–water partition coefficient (Wildman–Crippen LogP) is 0.379. The Bertz CT molecular complexity index is 240. The lowest BCUT2D eigenvalue weighted by Crippen LogP contribution is -2.34. The van der Waals surface area contributed by atoms with Crippen molar-refractivity contribution >= 4 is 11.7 Å². The number of nitrogens with one attached hydrogen (secondary N) is 1. The number of hydrogen-bond donors (Lipinski definition) is 1. The van der Waals surface area contributed by atoms with Crippen molar-refractivity contribution in [3.8, 4) is 0 Å². The molecular weight excluding hydrogens is 172 g/mol. The van der Waals surface area contributed by atoms with E-state index in [9.17, 15) is 14.5 Å². The molecule has 0 spiro atoms. The lowest BCUT2D eigenvalue weighted by atomic mass is 10.0. The highest BCUT2D eigenvalue weighted by Crippen LogP contribution is 2.11. The molecule has 1 fully saturated rings. The molecule has 0 aromatic rings. The van der Waals surface area contributed by atoms with E-state index in [2.05, 4.69) is 10.5 Å². The second-order valence-electron chi connectivity index (χ2n) is 3.28. The van der Waals surface area contributed by atoms with E-state index >= 15 is 0 Å². The third-order valence-corrected chi connectivity index (χ3v) is 2.06. The Morgan fingerprint density at radius 1 is 1.77 bits per heavy atom. The summed E-state index contributed by atoms with van der Waals surface area (Å²) in [5, 5.41) is 5.29. The maximum atomic E-state index is 11.3. The Morgan fingerprint density at radius 2 is 2.46 bits per heavy atom. The largest absolute Gasteiger partial charge is 0.346 e. The van der Waals surface area contributed by atoms with Crippen molar-refractivity contribution < 1.29 is 9.59 Å². The van der Waals surface area contributed by atoms with E-state index in [1.165, 1.54) is 0 Å². The normalized spacial score (nSPS) is 23.8. The summed E-state index contributed by atoms with van der Waals surface area (Å²) < 4.78 is 0. The molecular formula is C8H12N2O3. The molecule has 5 nitrogen and oxygen atoms in total. The van der Waals surface area contributed by atoms with Gasteiger partial charge in [0.15, 0.2) is 5.78 Å². The highest BCUT2D eigenvalue weighted by atomic mass is 16.3. The van der Waals surface area contributed by atoms with E-state index in [-0.39, 0.29) is 18.1 Å². The van der Waals surface area contributed by atoms with Gasteiger partial charge in [0, 0.05) is 12.8 Å². The van der Waals surface area contributed by atoms with Gasteiger partial charge in [-0.25, -0.2) is 0 Å². The summed E-state index contributed by atoms with van der Waals surface area (Å²) in [6.45, 7) is 1.58. The van der Waals surface area contributed by atoms with Crippen LogP contribution in [0.5, 0.6) is 0 Å². The van der Waals surface area contributed by atoms with Crippen molar-refractivity contribution in [2.75, 3.05) is 0 Å². The first-order valence-corrected chi connectivity index (χ1v) is 4.28. The van der Waals surface area contributed by atoms with E-state index < -0.39 is 12.1 Å². The molecule has 0 aromatic heterocycles. The van der Waals surface area contributed by atoms with Crippen LogP contribution in [-0.2, 0) is 9.59 Å². The Balaban J connectivity index is 2.40. The van der Waals surface area contributed by atoms with Crippen LogP contribution < -0.4 is 5.32 Å². The molecule has 0 saturated carbocycles. The molecule has 2 atom stereocenters. The zero-order chi connectivity index (χ0) is 9.84. The highest BCUT2D eigenvalue weighted by molar-refractivity contribution is 5.92. The van der Waals surface area contributed by atoms with Gasteiger partial charge < -0.3 is 5.32 Å². The van der Waals surface area contributed by atoms with Gasteiger partial charge in [-0.15, -0.1) is 0 Å². The summed E-state index contributed by atoms with van der Waals surface area (Å²) in [5.41, 5.74) is 0. The SMILES string of the molecule is CC(CC(=O)[C@@H]1CCC(=O)N1)N=O. The van der Waals surface area contributed by atoms with Crippen LogP contribution in [0.25, 0.3) is 0 Å². The average Bonchev–Trinajstić information content (AvgIpc) is 2.51. The number of carbonyl (C=O) groups is 2. The van der Waals surface area contributed by atoms with E-state index in [1.54, 1.807) is 6.92 Å². The summed E-state index contributed by atoms with van der Waals surface area (Å²) in [6.07, 6.45) is 1.07. The molecule has 1 aliphatic heterocycles. The topological polar surface area (TPSA) is 75.6 Å². The summed E-state index contributed by atoms with van der Waals surface area (Å²) in [4.78, 5) is 32.1. The van der Waals surface area contributed by atoms with Gasteiger partial charge in [0.05, 0.1) is 12.1 Å². The summed E-state index contributed by atoms with van der Waals surface area (Å²) >= 11 is 0. The monoisotopic (exact) mass is 184 g/mol. The van der Waals surface area contributed by atoms with Gasteiger partial charge in [0.1, 0.15) is 0 Å². The van der Waals surface area contributed by atoms with Crippen molar-refractivity contribution in [2.45, 2.75) is 38.3 Å². The maximum absolute atomic E-state index is 11.3. The van der Waals surface area contributed by atoms with Crippen LogP contribution in [0.3, 0.4) is 0 Å². The third kappa shape index (κ3) is 2.61. The van der Waals surface area contributed by atoms with Crippen molar-refractivity contribution in [1.29, 1.82) is 0 Å². The van der Waals surface area contributed by atoms with E-state index in [4.69, 9.17) is 0 Å². The molecule has 1 amide bonds. The minimum atomic E-state index is -0.495. The average molecular weight is 184 g/mol. The first-order chi connectivity index (χ1) is 6.13. The van der Waals surface area contributed by atoms with Crippen molar-refractivity contribution in [1.82, 2.24) is 5.32 Å². The molecule has 1 heterocycles. The smallest absolute Gasteiger partial charge is 0.220 e. The van der Waals surface area contributed by atoms with Crippen LogP contribution in [0.15, 0.2) is 5.18 Å². The number of Topliss-reactive ketones (excluding diaryl/α,β-unsaturated/α-hetero) is 1. The van der Waals surface area contributed by atoms with E-state index in [0.29, 0.717) is 12.8 Å². The number of ketones is 1. The van der Waals surface area contributed by atoms with Crippen LogP contribution in [0.4, 0.5) is 0 Å². The molecule has 0 aliphatic carbocycles. The predicted molar refractivity (Wildman–Crippen MR) is 46.0 cm³/mol. The van der Waals surface area contributed by atoms with Crippen LogP contribution >= 0.6 is 0 Å². The maximum Gasteiger partial charge on any atom is 0.220 e. The van der Waals surface area contributed by atoms with Gasteiger partial charge in [0.2, 0.25) is 5.91 Å². The van der Waals surface area contributed by atoms with E-state index in [0.717, 1.165) is 0 Å². The highest BCUT2D eigenvalue weighted by Gasteiger charge is 2.27. The van der Waals surface area contributed by atoms with Crippen molar-refractivity contribution in [3.05, 3.63) is 4.91 Å². The molecule has 0 aromatic carbocycles. The first kappa shape index (κ1) is 9.83. The second-order valence-corrected chi connectivity index (χ2v) is 3.28. The Hall–Kier alpha value is -1.26. The first-order valence-electron chi connectivity index (χ1n) is 4.28. The molecule has 72 valence electrons. The molecule has 1 N–H and O–H groups in total. The molecule has 0 radical (unpaired) electrons. The molecule has 1 aliphatic rings. The van der Waals surface area contributed by atoms with Crippen LogP contribution in [0.2, 0.25) is 0 Å². The third-order valence-electron chi connectivity index (χ3n) is 2.06. The van der Waals surface area contributed by atoms with Gasteiger partial charge in [-0.3, -0.25) is 9.59 Å². The minimum Gasteiger partial charge on any atom is -0.346 e.